The van der Waals surface area contributed by atoms with Gasteiger partial charge < -0.3 is 14.7 Å². The van der Waals surface area contributed by atoms with E-state index in [1.54, 1.807) is 11.8 Å². The van der Waals surface area contributed by atoms with E-state index < -0.39 is 0 Å². The van der Waals surface area contributed by atoms with Gasteiger partial charge in [0.25, 0.3) is 0 Å². The Hall–Kier alpha value is -0.260. The molecule has 2 aliphatic heterocycles. The minimum atomic E-state index is 0.00373. The van der Waals surface area contributed by atoms with E-state index in [0.717, 1.165) is 31.7 Å². The number of aliphatic hydroxyl groups is 1. The molecule has 0 aromatic carbocycles. The van der Waals surface area contributed by atoms with Gasteiger partial charge in [0, 0.05) is 18.9 Å². The number of aliphatic hydroxyl groups excluding tert-OH is 1. The Morgan fingerprint density at radius 1 is 1.45 bits per heavy atom. The van der Waals surface area contributed by atoms with Crippen LogP contribution in [0.3, 0.4) is 0 Å². The number of carbonyl (C=O) groups is 1. The Morgan fingerprint density at radius 2 is 2.25 bits per heavy atom. The van der Waals surface area contributed by atoms with E-state index in [9.17, 15) is 9.90 Å². The highest BCUT2D eigenvalue weighted by Gasteiger charge is 2.39. The molecule has 0 aromatic heterocycles. The van der Waals surface area contributed by atoms with Gasteiger partial charge in [-0.05, 0) is 31.1 Å². The van der Waals surface area contributed by atoms with Crippen molar-refractivity contribution >= 4 is 17.7 Å². The molecule has 0 aromatic rings. The number of likely N-dealkylation sites (tertiary alicyclic amines) is 1. The maximum absolute atomic E-state index is 12.3. The fraction of sp³-hybridized carbons (Fsp3) is 0.933. The van der Waals surface area contributed by atoms with Crippen molar-refractivity contribution in [3.05, 3.63) is 0 Å². The first-order chi connectivity index (χ1) is 9.52. The molecular weight excluding hydrogens is 274 g/mol. The minimum absolute atomic E-state index is 0.00373. The second kappa shape index (κ2) is 7.14. The average molecular weight is 301 g/mol. The van der Waals surface area contributed by atoms with E-state index in [2.05, 4.69) is 13.8 Å². The molecule has 0 bridgehead atoms. The molecule has 2 fully saturated rings. The molecule has 4 nitrogen and oxygen atoms in total. The third-order valence-electron chi connectivity index (χ3n) is 4.16. The number of amides is 1. The van der Waals surface area contributed by atoms with Crippen molar-refractivity contribution in [2.45, 2.75) is 51.7 Å². The van der Waals surface area contributed by atoms with Crippen molar-refractivity contribution in [2.75, 3.05) is 31.3 Å². The van der Waals surface area contributed by atoms with Crippen LogP contribution in [0.15, 0.2) is 0 Å². The van der Waals surface area contributed by atoms with Crippen molar-refractivity contribution in [3.63, 3.8) is 0 Å². The average Bonchev–Trinajstić information content (AvgIpc) is 2.75. The highest BCUT2D eigenvalue weighted by atomic mass is 32.2. The lowest BCUT2D eigenvalue weighted by molar-refractivity contribution is -0.130. The molecule has 0 spiro atoms. The van der Waals surface area contributed by atoms with E-state index in [1.807, 2.05) is 4.90 Å². The predicted octanol–water partition coefficient (Wildman–Crippen LogP) is 1.91. The summed E-state index contributed by atoms with van der Waals surface area (Å²) < 4.78 is 5.67. The van der Waals surface area contributed by atoms with Gasteiger partial charge in [0.05, 0.1) is 24.5 Å². The van der Waals surface area contributed by atoms with Crippen LogP contribution in [0.5, 0.6) is 0 Å². The third kappa shape index (κ3) is 4.37. The Labute approximate surface area is 126 Å². The molecule has 5 heteroatoms. The molecule has 0 saturated carbocycles. The molecule has 1 amide bonds. The van der Waals surface area contributed by atoms with Gasteiger partial charge in [-0.2, -0.15) is 0 Å². The van der Waals surface area contributed by atoms with Gasteiger partial charge in [-0.3, -0.25) is 4.79 Å². The van der Waals surface area contributed by atoms with E-state index >= 15 is 0 Å². The highest BCUT2D eigenvalue weighted by Crippen LogP contribution is 2.34. The number of ether oxygens (including phenoxy) is 1. The van der Waals surface area contributed by atoms with Gasteiger partial charge in [-0.1, -0.05) is 13.8 Å². The Morgan fingerprint density at radius 3 is 2.90 bits per heavy atom. The molecule has 2 saturated heterocycles. The zero-order chi connectivity index (χ0) is 14.6. The van der Waals surface area contributed by atoms with Gasteiger partial charge in [-0.25, -0.2) is 0 Å². The van der Waals surface area contributed by atoms with Crippen LogP contribution in [0.25, 0.3) is 0 Å². The number of carbonyl (C=O) groups excluding carboxylic acids is 1. The monoisotopic (exact) mass is 301 g/mol. The highest BCUT2D eigenvalue weighted by molar-refractivity contribution is 7.99. The fourth-order valence-corrected chi connectivity index (χ4v) is 4.14. The van der Waals surface area contributed by atoms with Gasteiger partial charge in [0.15, 0.2) is 0 Å². The first-order valence-corrected chi connectivity index (χ1v) is 8.77. The summed E-state index contributed by atoms with van der Waals surface area (Å²) in [5.74, 6) is 1.58. The van der Waals surface area contributed by atoms with Gasteiger partial charge in [0.1, 0.15) is 0 Å². The second-order valence-electron chi connectivity index (χ2n) is 6.73. The van der Waals surface area contributed by atoms with Crippen LogP contribution in [0.1, 0.15) is 39.5 Å². The standard InChI is InChI=1S/C15H27NO3S/c1-15(2)7-12(8-17)16(11-15)14(18)10-20-9-13-5-3-4-6-19-13/h12-13,17H,3-11H2,1-2H3. The Kier molecular flexibility index (Phi) is 5.75. The maximum Gasteiger partial charge on any atom is 0.232 e. The predicted molar refractivity (Wildman–Crippen MR) is 81.9 cm³/mol. The maximum atomic E-state index is 12.3. The van der Waals surface area contributed by atoms with Crippen molar-refractivity contribution in [3.8, 4) is 0 Å². The molecule has 0 aliphatic carbocycles. The van der Waals surface area contributed by atoms with Crippen LogP contribution in [-0.4, -0.2) is 59.3 Å². The zero-order valence-electron chi connectivity index (χ0n) is 12.6. The third-order valence-corrected chi connectivity index (χ3v) is 5.22. The minimum Gasteiger partial charge on any atom is -0.394 e. The molecule has 2 atom stereocenters. The number of rotatable bonds is 5. The molecule has 2 unspecified atom stereocenters. The molecule has 20 heavy (non-hydrogen) atoms. The van der Waals surface area contributed by atoms with Crippen molar-refractivity contribution in [1.29, 1.82) is 0 Å². The summed E-state index contributed by atoms with van der Waals surface area (Å²) in [5, 5.41) is 9.43. The SMILES string of the molecule is CC1(C)CC(CO)N(C(=O)CSCC2CCCCO2)C1. The summed E-state index contributed by atoms with van der Waals surface area (Å²) in [6.07, 6.45) is 4.75. The molecule has 2 heterocycles. The van der Waals surface area contributed by atoms with Crippen molar-refractivity contribution in [1.82, 2.24) is 4.90 Å². The summed E-state index contributed by atoms with van der Waals surface area (Å²) in [6, 6.07) is 0.00373. The second-order valence-corrected chi connectivity index (χ2v) is 7.76. The lowest BCUT2D eigenvalue weighted by atomic mass is 9.91. The quantitative estimate of drug-likeness (QED) is 0.843. The number of hydrogen-bond acceptors (Lipinski definition) is 4. The topological polar surface area (TPSA) is 49.8 Å². The summed E-state index contributed by atoms with van der Waals surface area (Å²) in [7, 11) is 0. The first kappa shape index (κ1) is 16.1. The van der Waals surface area contributed by atoms with Crippen LogP contribution in [0.4, 0.5) is 0 Å². The fourth-order valence-electron chi connectivity index (χ4n) is 3.16. The smallest absolute Gasteiger partial charge is 0.232 e. The van der Waals surface area contributed by atoms with E-state index in [4.69, 9.17) is 4.74 Å². The largest absolute Gasteiger partial charge is 0.394 e. The molecule has 2 rings (SSSR count). The Balaban J connectivity index is 1.73. The van der Waals surface area contributed by atoms with Crippen molar-refractivity contribution < 1.29 is 14.6 Å². The number of hydrogen-bond donors (Lipinski definition) is 1. The van der Waals surface area contributed by atoms with Crippen LogP contribution in [-0.2, 0) is 9.53 Å². The molecule has 0 radical (unpaired) electrons. The van der Waals surface area contributed by atoms with Gasteiger partial charge in [0.2, 0.25) is 5.91 Å². The van der Waals surface area contributed by atoms with E-state index in [0.29, 0.717) is 11.9 Å². The van der Waals surface area contributed by atoms with Crippen LogP contribution in [0.2, 0.25) is 0 Å². The van der Waals surface area contributed by atoms with Crippen LogP contribution < -0.4 is 0 Å². The summed E-state index contributed by atoms with van der Waals surface area (Å²) in [4.78, 5) is 14.2. The van der Waals surface area contributed by atoms with E-state index in [1.165, 1.54) is 12.8 Å². The van der Waals surface area contributed by atoms with Crippen molar-refractivity contribution in [2.24, 2.45) is 5.41 Å². The summed E-state index contributed by atoms with van der Waals surface area (Å²) >= 11 is 1.67. The lowest BCUT2D eigenvalue weighted by Crippen LogP contribution is -2.39. The van der Waals surface area contributed by atoms with Crippen LogP contribution in [0, 0.1) is 5.41 Å². The molecule has 1 N–H and O–H groups in total. The number of nitrogens with zero attached hydrogens (tertiary/aromatic N) is 1. The van der Waals surface area contributed by atoms with Gasteiger partial charge in [-0.15, -0.1) is 11.8 Å². The molecular formula is C15H27NO3S. The lowest BCUT2D eigenvalue weighted by Gasteiger charge is -2.25. The normalized spacial score (nSPS) is 29.6. The Bertz CT molecular complexity index is 329. The van der Waals surface area contributed by atoms with Crippen LogP contribution >= 0.6 is 11.8 Å². The van der Waals surface area contributed by atoms with E-state index in [-0.39, 0.29) is 24.0 Å². The zero-order valence-corrected chi connectivity index (χ0v) is 13.5. The summed E-state index contributed by atoms with van der Waals surface area (Å²) in [6.45, 7) is 6.02. The molecule has 116 valence electrons. The molecule has 2 aliphatic rings. The number of thioether (sulfide) groups is 1. The van der Waals surface area contributed by atoms with Gasteiger partial charge >= 0.3 is 0 Å². The first-order valence-electron chi connectivity index (χ1n) is 7.61. The summed E-state index contributed by atoms with van der Waals surface area (Å²) in [5.41, 5.74) is 0.125.